The van der Waals surface area contributed by atoms with Crippen molar-refractivity contribution >= 4 is 12.0 Å². The molecule has 5 rings (SSSR count). The molecule has 3 aliphatic rings. The van der Waals surface area contributed by atoms with Gasteiger partial charge in [-0.1, -0.05) is 37.1 Å². The number of hydrogen-bond acceptors (Lipinski definition) is 4. The van der Waals surface area contributed by atoms with E-state index in [-0.39, 0.29) is 41.2 Å². The van der Waals surface area contributed by atoms with Crippen LogP contribution in [0.2, 0.25) is 0 Å². The normalized spacial score (nSPS) is 34.9. The molecule has 2 saturated carbocycles. The lowest BCUT2D eigenvalue weighted by molar-refractivity contribution is -0.144. The van der Waals surface area contributed by atoms with Crippen molar-refractivity contribution in [2.75, 3.05) is 0 Å². The molecule has 5 heteroatoms. The Morgan fingerprint density at radius 2 is 2.10 bits per heavy atom. The van der Waals surface area contributed by atoms with E-state index in [0.29, 0.717) is 5.92 Å². The Labute approximate surface area is 182 Å². The minimum atomic E-state index is -0.292. The molecule has 2 heterocycles. The maximum absolute atomic E-state index is 13.5. The smallest absolute Gasteiger partial charge is 0.309 e. The fourth-order valence-corrected chi connectivity index (χ4v) is 6.22. The molecule has 4 nitrogen and oxygen atoms in total. The standard InChI is InChI=1S/C26H29FN2O2/c1-16-24-22(25(30)31-16)14-19-6-2-3-12-26(19,28)23(24)11-10-21-9-8-18(15-29-21)17-5-4-7-20(27)13-17/h4-5,7-11,13,15-16,19,22-24H,2-3,6,12,14,28H2,1H3/b11-10+/t16-,19+,22-,23-,24-,26+/m1/s1. The van der Waals surface area contributed by atoms with Gasteiger partial charge in [-0.2, -0.15) is 0 Å². The molecule has 2 N–H and O–H groups in total. The number of nitrogens with two attached hydrogens (primary N) is 1. The molecule has 2 aliphatic carbocycles. The van der Waals surface area contributed by atoms with Crippen LogP contribution in [0.15, 0.2) is 48.7 Å². The summed E-state index contributed by atoms with van der Waals surface area (Å²) in [5.74, 6) is 0.204. The van der Waals surface area contributed by atoms with Gasteiger partial charge in [-0.3, -0.25) is 9.78 Å². The van der Waals surface area contributed by atoms with Crippen LogP contribution in [-0.2, 0) is 9.53 Å². The highest BCUT2D eigenvalue weighted by molar-refractivity contribution is 5.76. The van der Waals surface area contributed by atoms with E-state index in [4.69, 9.17) is 10.5 Å². The molecule has 0 unspecified atom stereocenters. The number of carbonyl (C=O) groups excluding carboxylic acids is 1. The minimum Gasteiger partial charge on any atom is -0.462 e. The number of carbonyl (C=O) groups is 1. The molecule has 0 amide bonds. The molecule has 3 fully saturated rings. The quantitative estimate of drug-likeness (QED) is 0.711. The fraction of sp³-hybridized carbons (Fsp3) is 0.462. The molecule has 1 aromatic carbocycles. The Morgan fingerprint density at radius 1 is 1.23 bits per heavy atom. The van der Waals surface area contributed by atoms with Gasteiger partial charge in [-0.25, -0.2) is 4.39 Å². The summed E-state index contributed by atoms with van der Waals surface area (Å²) in [4.78, 5) is 17.1. The third kappa shape index (κ3) is 3.59. The molecule has 1 aliphatic heterocycles. The van der Waals surface area contributed by atoms with Crippen LogP contribution < -0.4 is 5.73 Å². The van der Waals surface area contributed by atoms with Crippen LogP contribution in [0.1, 0.15) is 44.7 Å². The lowest BCUT2D eigenvalue weighted by Gasteiger charge is -2.53. The summed E-state index contributed by atoms with van der Waals surface area (Å²) < 4.78 is 19.2. The van der Waals surface area contributed by atoms with Crippen LogP contribution in [-0.4, -0.2) is 22.6 Å². The van der Waals surface area contributed by atoms with E-state index in [1.54, 1.807) is 12.3 Å². The number of ether oxygens (including phenoxy) is 1. The summed E-state index contributed by atoms with van der Waals surface area (Å²) in [7, 11) is 0. The van der Waals surface area contributed by atoms with Crippen molar-refractivity contribution in [3.8, 4) is 11.1 Å². The molecule has 0 radical (unpaired) electrons. The zero-order chi connectivity index (χ0) is 21.6. The largest absolute Gasteiger partial charge is 0.462 e. The van der Waals surface area contributed by atoms with Gasteiger partial charge >= 0.3 is 5.97 Å². The Hall–Kier alpha value is -2.53. The summed E-state index contributed by atoms with van der Waals surface area (Å²) in [5.41, 5.74) is 9.29. The molecule has 1 saturated heterocycles. The third-order valence-electron chi connectivity index (χ3n) is 7.78. The Morgan fingerprint density at radius 3 is 2.87 bits per heavy atom. The first kappa shape index (κ1) is 20.4. The first-order valence-corrected chi connectivity index (χ1v) is 11.4. The van der Waals surface area contributed by atoms with Crippen LogP contribution >= 0.6 is 0 Å². The Bertz CT molecular complexity index is 1000. The number of cyclic esters (lactones) is 1. The van der Waals surface area contributed by atoms with Gasteiger partial charge in [0.05, 0.1) is 11.6 Å². The molecular formula is C26H29FN2O2. The fourth-order valence-electron chi connectivity index (χ4n) is 6.22. The zero-order valence-electron chi connectivity index (χ0n) is 17.8. The maximum Gasteiger partial charge on any atom is 0.309 e. The number of pyridine rings is 1. The molecule has 6 atom stereocenters. The topological polar surface area (TPSA) is 65.2 Å². The van der Waals surface area contributed by atoms with Gasteiger partial charge < -0.3 is 10.5 Å². The molecule has 31 heavy (non-hydrogen) atoms. The summed E-state index contributed by atoms with van der Waals surface area (Å²) >= 11 is 0. The number of fused-ring (bicyclic) bond motifs is 2. The van der Waals surface area contributed by atoms with Gasteiger partial charge in [-0.05, 0) is 61.9 Å². The van der Waals surface area contributed by atoms with Gasteiger partial charge in [0.1, 0.15) is 11.9 Å². The van der Waals surface area contributed by atoms with Crippen molar-refractivity contribution in [3.05, 3.63) is 60.2 Å². The summed E-state index contributed by atoms with van der Waals surface area (Å²) in [6.45, 7) is 2.00. The van der Waals surface area contributed by atoms with E-state index in [1.165, 1.54) is 18.6 Å². The molecule has 0 spiro atoms. The van der Waals surface area contributed by atoms with Crippen molar-refractivity contribution in [2.45, 2.75) is 50.7 Å². The Kier molecular flexibility index (Phi) is 5.17. The van der Waals surface area contributed by atoms with Gasteiger partial charge in [0.15, 0.2) is 0 Å². The van der Waals surface area contributed by atoms with Crippen LogP contribution in [0.5, 0.6) is 0 Å². The van der Waals surface area contributed by atoms with Crippen molar-refractivity contribution < 1.29 is 13.9 Å². The van der Waals surface area contributed by atoms with E-state index in [1.807, 2.05) is 31.2 Å². The van der Waals surface area contributed by atoms with E-state index in [9.17, 15) is 9.18 Å². The predicted octanol–water partition coefficient (Wildman–Crippen LogP) is 4.99. The highest BCUT2D eigenvalue weighted by Crippen LogP contribution is 2.54. The van der Waals surface area contributed by atoms with Gasteiger partial charge in [0, 0.05) is 29.1 Å². The summed E-state index contributed by atoms with van der Waals surface area (Å²) in [5, 5.41) is 0. The average Bonchev–Trinajstić information content (AvgIpc) is 3.04. The van der Waals surface area contributed by atoms with Crippen LogP contribution in [0.3, 0.4) is 0 Å². The van der Waals surface area contributed by atoms with Crippen LogP contribution in [0.4, 0.5) is 4.39 Å². The lowest BCUT2D eigenvalue weighted by atomic mass is 9.53. The number of hydrogen-bond donors (Lipinski definition) is 1. The van der Waals surface area contributed by atoms with Crippen LogP contribution in [0, 0.1) is 29.5 Å². The first-order valence-electron chi connectivity index (χ1n) is 11.4. The second-order valence-electron chi connectivity index (χ2n) is 9.48. The average molecular weight is 421 g/mol. The van der Waals surface area contributed by atoms with Crippen LogP contribution in [0.25, 0.3) is 17.2 Å². The van der Waals surface area contributed by atoms with Crippen molar-refractivity contribution in [3.63, 3.8) is 0 Å². The molecule has 0 bridgehead atoms. The van der Waals surface area contributed by atoms with Gasteiger partial charge in [0.2, 0.25) is 0 Å². The second kappa shape index (κ2) is 7.86. The number of rotatable bonds is 3. The highest BCUT2D eigenvalue weighted by atomic mass is 19.1. The van der Waals surface area contributed by atoms with Crippen molar-refractivity contribution in [1.82, 2.24) is 4.98 Å². The Balaban J connectivity index is 1.43. The van der Waals surface area contributed by atoms with E-state index < -0.39 is 0 Å². The third-order valence-corrected chi connectivity index (χ3v) is 7.78. The number of aromatic nitrogens is 1. The number of halogens is 1. The summed E-state index contributed by atoms with van der Waals surface area (Å²) in [6, 6.07) is 10.4. The SMILES string of the molecule is C[C@H]1OC(=O)[C@@H]2C[C@@H]3CCCC[C@@]3(N)[C@H](/C=C/c3ccc(-c4cccc(F)c4)cn3)[C@H]12. The van der Waals surface area contributed by atoms with Crippen molar-refractivity contribution in [1.29, 1.82) is 0 Å². The monoisotopic (exact) mass is 420 g/mol. The number of benzene rings is 1. The molecule has 162 valence electrons. The van der Waals surface area contributed by atoms with E-state index >= 15 is 0 Å². The zero-order valence-corrected chi connectivity index (χ0v) is 17.8. The van der Waals surface area contributed by atoms with E-state index in [0.717, 1.165) is 42.5 Å². The molecule has 1 aromatic heterocycles. The van der Waals surface area contributed by atoms with E-state index in [2.05, 4.69) is 11.1 Å². The minimum absolute atomic E-state index is 0.0484. The number of esters is 1. The van der Waals surface area contributed by atoms with Gasteiger partial charge in [0.25, 0.3) is 0 Å². The highest BCUT2D eigenvalue weighted by Gasteiger charge is 2.58. The molecule has 2 aromatic rings. The lowest BCUT2D eigenvalue weighted by Crippen LogP contribution is -2.61. The summed E-state index contributed by atoms with van der Waals surface area (Å²) in [6.07, 6.45) is 11.1. The second-order valence-corrected chi connectivity index (χ2v) is 9.48. The van der Waals surface area contributed by atoms with Gasteiger partial charge in [-0.15, -0.1) is 0 Å². The predicted molar refractivity (Wildman–Crippen MR) is 118 cm³/mol. The van der Waals surface area contributed by atoms with Crippen molar-refractivity contribution in [2.24, 2.45) is 29.4 Å². The maximum atomic E-state index is 13.5. The first-order chi connectivity index (χ1) is 15.0. The molecular weight excluding hydrogens is 391 g/mol. The number of nitrogens with zero attached hydrogens (tertiary/aromatic N) is 1.